The van der Waals surface area contributed by atoms with Crippen molar-refractivity contribution in [2.24, 2.45) is 0 Å². The molecule has 7 heteroatoms. The summed E-state index contributed by atoms with van der Waals surface area (Å²) in [6, 6.07) is 11.5. The molecule has 0 saturated heterocycles. The highest BCUT2D eigenvalue weighted by Gasteiger charge is 2.19. The molecule has 0 aliphatic heterocycles. The molecule has 1 amide bonds. The Labute approximate surface area is 149 Å². The van der Waals surface area contributed by atoms with Crippen LogP contribution in [0.1, 0.15) is 24.8 Å². The molecule has 0 fully saturated rings. The number of amides is 1. The number of hydrogen-bond donors (Lipinski definition) is 1. The highest BCUT2D eigenvalue weighted by molar-refractivity contribution is 7.13. The molecule has 0 unspecified atom stereocenters. The molecule has 130 valence electrons. The van der Waals surface area contributed by atoms with Crippen LogP contribution in [-0.4, -0.2) is 22.2 Å². The molecule has 0 bridgehead atoms. The number of carbonyl (C=O) groups excluding carboxylic acids is 1. The van der Waals surface area contributed by atoms with E-state index in [0.717, 1.165) is 10.4 Å². The molecule has 1 atom stereocenters. The minimum atomic E-state index is -0.568. The summed E-state index contributed by atoms with van der Waals surface area (Å²) in [5.74, 6) is 1.36. The molecule has 2 heterocycles. The minimum absolute atomic E-state index is 0.172. The van der Waals surface area contributed by atoms with Gasteiger partial charge in [0.2, 0.25) is 11.7 Å². The van der Waals surface area contributed by atoms with Gasteiger partial charge in [-0.25, -0.2) is 0 Å². The van der Waals surface area contributed by atoms with E-state index in [4.69, 9.17) is 9.26 Å². The van der Waals surface area contributed by atoms with Gasteiger partial charge in [0, 0.05) is 0 Å². The summed E-state index contributed by atoms with van der Waals surface area (Å²) >= 11 is 1.53. The fourth-order valence-corrected chi connectivity index (χ4v) is 2.93. The fourth-order valence-electron chi connectivity index (χ4n) is 2.28. The van der Waals surface area contributed by atoms with Crippen LogP contribution in [0.3, 0.4) is 0 Å². The second kappa shape index (κ2) is 7.94. The minimum Gasteiger partial charge on any atom is -0.481 e. The molecular weight excluding hydrogens is 338 g/mol. The lowest BCUT2D eigenvalue weighted by molar-refractivity contribution is -0.128. The van der Waals surface area contributed by atoms with Crippen LogP contribution in [0.2, 0.25) is 0 Å². The summed E-state index contributed by atoms with van der Waals surface area (Å²) in [6.45, 7) is 4.06. The molecule has 3 rings (SSSR count). The number of ether oxygens (including phenoxy) is 1. The Bertz CT molecular complexity index is 830. The Hall–Kier alpha value is -2.67. The van der Waals surface area contributed by atoms with Gasteiger partial charge in [-0.15, -0.1) is 11.3 Å². The van der Waals surface area contributed by atoms with Crippen LogP contribution in [0.15, 0.2) is 46.3 Å². The summed E-state index contributed by atoms with van der Waals surface area (Å²) in [6.07, 6.45) is -0.00849. The van der Waals surface area contributed by atoms with Gasteiger partial charge in [-0.3, -0.25) is 4.79 Å². The molecule has 1 aromatic carbocycles. The third kappa shape index (κ3) is 4.45. The van der Waals surface area contributed by atoms with Crippen LogP contribution in [0, 0.1) is 6.92 Å². The lowest BCUT2D eigenvalue weighted by Gasteiger charge is -2.17. The first-order valence-electron chi connectivity index (χ1n) is 8.03. The van der Waals surface area contributed by atoms with E-state index in [2.05, 4.69) is 15.5 Å². The van der Waals surface area contributed by atoms with Crippen molar-refractivity contribution < 1.29 is 14.1 Å². The largest absolute Gasteiger partial charge is 0.481 e. The molecule has 1 N–H and O–H groups in total. The van der Waals surface area contributed by atoms with E-state index in [9.17, 15) is 4.79 Å². The van der Waals surface area contributed by atoms with Gasteiger partial charge in [0.1, 0.15) is 5.75 Å². The van der Waals surface area contributed by atoms with Crippen molar-refractivity contribution in [3.05, 3.63) is 53.2 Å². The van der Waals surface area contributed by atoms with Crippen molar-refractivity contribution >= 4 is 17.2 Å². The van der Waals surface area contributed by atoms with Gasteiger partial charge in [-0.1, -0.05) is 30.3 Å². The van der Waals surface area contributed by atoms with Crippen LogP contribution >= 0.6 is 11.3 Å². The van der Waals surface area contributed by atoms with E-state index in [-0.39, 0.29) is 12.5 Å². The summed E-state index contributed by atoms with van der Waals surface area (Å²) in [4.78, 5) is 17.6. The second-order valence-electron chi connectivity index (χ2n) is 5.54. The van der Waals surface area contributed by atoms with Gasteiger partial charge in [0.25, 0.3) is 5.91 Å². The van der Waals surface area contributed by atoms with Crippen molar-refractivity contribution in [2.75, 3.05) is 0 Å². The lowest BCUT2D eigenvalue weighted by Crippen LogP contribution is -2.37. The topological polar surface area (TPSA) is 77.2 Å². The Morgan fingerprint density at radius 1 is 1.36 bits per heavy atom. The molecule has 2 aromatic heterocycles. The number of nitrogens with one attached hydrogen (secondary N) is 1. The van der Waals surface area contributed by atoms with Gasteiger partial charge in [0.15, 0.2) is 6.10 Å². The third-order valence-corrected chi connectivity index (χ3v) is 4.42. The molecule has 0 spiro atoms. The predicted molar refractivity (Wildman–Crippen MR) is 95.3 cm³/mol. The molecule has 3 aromatic rings. The zero-order chi connectivity index (χ0) is 17.6. The van der Waals surface area contributed by atoms with Crippen molar-refractivity contribution in [2.45, 2.75) is 32.9 Å². The van der Waals surface area contributed by atoms with Crippen LogP contribution in [0.4, 0.5) is 0 Å². The Balaban J connectivity index is 1.57. The SMILES string of the molecule is CC[C@H](Oc1cccc(C)c1)C(=O)NCc1nc(-c2cccs2)no1. The van der Waals surface area contributed by atoms with Crippen LogP contribution < -0.4 is 10.1 Å². The maximum Gasteiger partial charge on any atom is 0.261 e. The fraction of sp³-hybridized carbons (Fsp3) is 0.278. The van der Waals surface area contributed by atoms with Crippen molar-refractivity contribution in [3.8, 4) is 16.5 Å². The maximum absolute atomic E-state index is 12.3. The van der Waals surface area contributed by atoms with E-state index in [1.54, 1.807) is 0 Å². The summed E-state index contributed by atoms with van der Waals surface area (Å²) in [5.41, 5.74) is 1.08. The van der Waals surface area contributed by atoms with E-state index in [0.29, 0.717) is 23.9 Å². The quantitative estimate of drug-likeness (QED) is 0.699. The molecule has 0 aliphatic rings. The van der Waals surface area contributed by atoms with E-state index in [1.807, 2.05) is 55.6 Å². The van der Waals surface area contributed by atoms with Crippen LogP contribution in [-0.2, 0) is 11.3 Å². The molecule has 6 nitrogen and oxygen atoms in total. The first-order valence-corrected chi connectivity index (χ1v) is 8.91. The highest BCUT2D eigenvalue weighted by atomic mass is 32.1. The molecule has 25 heavy (non-hydrogen) atoms. The van der Waals surface area contributed by atoms with E-state index in [1.165, 1.54) is 11.3 Å². The number of hydrogen-bond acceptors (Lipinski definition) is 6. The van der Waals surface area contributed by atoms with Gasteiger partial charge in [-0.05, 0) is 42.5 Å². The standard InChI is InChI=1S/C18H19N3O3S/c1-3-14(23-13-7-4-6-12(2)10-13)18(22)19-11-16-20-17(21-24-16)15-8-5-9-25-15/h4-10,14H,3,11H2,1-2H3,(H,19,22)/t14-/m0/s1. The first-order chi connectivity index (χ1) is 12.2. The summed E-state index contributed by atoms with van der Waals surface area (Å²) < 4.78 is 11.0. The van der Waals surface area contributed by atoms with E-state index < -0.39 is 6.10 Å². The van der Waals surface area contributed by atoms with Crippen molar-refractivity contribution in [1.29, 1.82) is 0 Å². The number of thiophene rings is 1. The lowest BCUT2D eigenvalue weighted by atomic mass is 10.2. The molecular formula is C18H19N3O3S. The number of aryl methyl sites for hydroxylation is 1. The summed E-state index contributed by atoms with van der Waals surface area (Å²) in [7, 11) is 0. The smallest absolute Gasteiger partial charge is 0.261 e. The Morgan fingerprint density at radius 3 is 2.96 bits per heavy atom. The van der Waals surface area contributed by atoms with Crippen LogP contribution in [0.5, 0.6) is 5.75 Å². The van der Waals surface area contributed by atoms with Gasteiger partial charge in [0.05, 0.1) is 11.4 Å². The van der Waals surface area contributed by atoms with Gasteiger partial charge < -0.3 is 14.6 Å². The number of benzene rings is 1. The third-order valence-electron chi connectivity index (χ3n) is 3.55. The van der Waals surface area contributed by atoms with Crippen LogP contribution in [0.25, 0.3) is 10.7 Å². The van der Waals surface area contributed by atoms with E-state index >= 15 is 0 Å². The Morgan fingerprint density at radius 2 is 2.24 bits per heavy atom. The monoisotopic (exact) mass is 357 g/mol. The normalized spacial score (nSPS) is 11.9. The van der Waals surface area contributed by atoms with Gasteiger partial charge in [-0.2, -0.15) is 4.98 Å². The molecule has 0 saturated carbocycles. The number of rotatable bonds is 7. The number of nitrogens with zero attached hydrogens (tertiary/aromatic N) is 2. The highest BCUT2D eigenvalue weighted by Crippen LogP contribution is 2.21. The first kappa shape index (κ1) is 17.2. The number of aromatic nitrogens is 2. The van der Waals surface area contributed by atoms with Crippen molar-refractivity contribution in [3.63, 3.8) is 0 Å². The Kier molecular flexibility index (Phi) is 5.45. The zero-order valence-electron chi connectivity index (χ0n) is 14.1. The molecule has 0 aliphatic carbocycles. The number of carbonyl (C=O) groups is 1. The van der Waals surface area contributed by atoms with Crippen molar-refractivity contribution in [1.82, 2.24) is 15.5 Å². The van der Waals surface area contributed by atoms with Gasteiger partial charge >= 0.3 is 0 Å². The average Bonchev–Trinajstić information content (AvgIpc) is 3.28. The molecule has 0 radical (unpaired) electrons. The predicted octanol–water partition coefficient (Wildman–Crippen LogP) is 3.58. The second-order valence-corrected chi connectivity index (χ2v) is 6.49. The average molecular weight is 357 g/mol. The summed E-state index contributed by atoms with van der Waals surface area (Å²) in [5, 5.41) is 8.65. The zero-order valence-corrected chi connectivity index (χ0v) is 14.9. The maximum atomic E-state index is 12.3.